The van der Waals surface area contributed by atoms with Crippen LogP contribution in [0.25, 0.3) is 0 Å². The summed E-state index contributed by atoms with van der Waals surface area (Å²) in [5.74, 6) is -0.636. The monoisotopic (exact) mass is 345 g/mol. The summed E-state index contributed by atoms with van der Waals surface area (Å²) in [5, 5.41) is 0. The highest BCUT2D eigenvalue weighted by Crippen LogP contribution is 2.12. The molecule has 0 bridgehead atoms. The van der Waals surface area contributed by atoms with E-state index in [0.717, 1.165) is 25.5 Å². The third kappa shape index (κ3) is 7.88. The van der Waals surface area contributed by atoms with E-state index in [2.05, 4.69) is 6.92 Å². The van der Waals surface area contributed by atoms with Gasteiger partial charge in [0.05, 0.1) is 0 Å². The Morgan fingerprint density at radius 3 is 2.04 bits per heavy atom. The van der Waals surface area contributed by atoms with Crippen LogP contribution in [-0.4, -0.2) is 13.0 Å². The van der Waals surface area contributed by atoms with Gasteiger partial charge in [-0.3, -0.25) is 0 Å². The lowest BCUT2D eigenvalue weighted by Crippen LogP contribution is -2.46. The van der Waals surface area contributed by atoms with Crippen LogP contribution in [0.5, 0.6) is 0 Å². The first-order valence-electron chi connectivity index (χ1n) is 8.62. The average Bonchev–Trinajstić information content (AvgIpc) is 2.49. The van der Waals surface area contributed by atoms with Crippen molar-refractivity contribution in [2.75, 3.05) is 0 Å². The normalized spacial score (nSPS) is 11.8. The first-order valence-corrected chi connectivity index (χ1v) is 9.98. The summed E-state index contributed by atoms with van der Waals surface area (Å²) in [6, 6.07) is 2.42. The summed E-state index contributed by atoms with van der Waals surface area (Å²) in [6.45, 7) is 2.21. The maximum Gasteiger partial charge on any atom is 0.330 e. The number of halogens is 1. The molecule has 132 valence electrons. The van der Waals surface area contributed by atoms with E-state index in [1.165, 1.54) is 50.7 Å². The summed E-state index contributed by atoms with van der Waals surface area (Å²) in [6.07, 6.45) is 12.9. The topological polar surface area (TPSA) is 61.1 Å². The number of hydrogen-bond acceptors (Lipinski definition) is 3. The van der Waals surface area contributed by atoms with E-state index in [-0.39, 0.29) is 12.1 Å². The van der Waals surface area contributed by atoms with E-state index >= 15 is 0 Å². The van der Waals surface area contributed by atoms with Crippen molar-refractivity contribution >= 4 is 10.3 Å². The predicted octanol–water partition coefficient (Wildman–Crippen LogP) is 3.88. The molecule has 0 spiro atoms. The second-order valence-electron chi connectivity index (χ2n) is 5.99. The zero-order valence-corrected chi connectivity index (χ0v) is 14.8. The van der Waals surface area contributed by atoms with Crippen LogP contribution in [0.15, 0.2) is 18.3 Å². The van der Waals surface area contributed by atoms with Crippen LogP contribution in [0.2, 0.25) is 0 Å². The number of unbranched alkanes of at least 4 members (excludes halogenated alkanes) is 9. The largest absolute Gasteiger partial charge is 0.693 e. The summed E-state index contributed by atoms with van der Waals surface area (Å²) in [5.41, 5.74) is -0.0398. The number of pyridine rings is 1. The Hall–Kier alpha value is -1.01. The first-order chi connectivity index (χ1) is 11.0. The second kappa shape index (κ2) is 10.7. The highest BCUT2D eigenvalue weighted by atomic mass is 32.2. The minimum Gasteiger partial charge on any atom is -0.693 e. The highest BCUT2D eigenvalue weighted by molar-refractivity contribution is 7.78. The van der Waals surface area contributed by atoms with Crippen molar-refractivity contribution in [1.82, 2.24) is 0 Å². The van der Waals surface area contributed by atoms with Crippen LogP contribution in [0.1, 0.15) is 76.8 Å². The minimum absolute atomic E-state index is 0.0398. The summed E-state index contributed by atoms with van der Waals surface area (Å²) in [4.78, 5) is 0. The van der Waals surface area contributed by atoms with Gasteiger partial charge in [0.2, 0.25) is 5.69 Å². The fourth-order valence-electron chi connectivity index (χ4n) is 2.72. The van der Waals surface area contributed by atoms with Gasteiger partial charge in [-0.15, -0.1) is 0 Å². The lowest BCUT2D eigenvalue weighted by molar-refractivity contribution is -0.531. The number of rotatable bonds is 12. The molecule has 6 heteroatoms. The fraction of sp³-hybridized carbons (Fsp3) is 0.706. The van der Waals surface area contributed by atoms with Crippen LogP contribution < -0.4 is 3.97 Å². The summed E-state index contributed by atoms with van der Waals surface area (Å²) in [7, 11) is -4.69. The Morgan fingerprint density at radius 2 is 1.52 bits per heavy atom. The van der Waals surface area contributed by atoms with Gasteiger partial charge in [-0.25, -0.2) is 0 Å². The zero-order chi connectivity index (χ0) is 17.1. The van der Waals surface area contributed by atoms with Crippen molar-refractivity contribution in [3.05, 3.63) is 29.8 Å². The second-order valence-corrected chi connectivity index (χ2v) is 7.24. The first kappa shape index (κ1) is 20.0. The van der Waals surface area contributed by atoms with Gasteiger partial charge in [0, 0.05) is 12.5 Å². The van der Waals surface area contributed by atoms with Crippen LogP contribution in [0, 0.1) is 5.82 Å². The Balaban J connectivity index is 2.27. The third-order valence-corrected chi connectivity index (χ3v) is 4.84. The molecule has 0 N–H and O–H groups in total. The van der Waals surface area contributed by atoms with Gasteiger partial charge < -0.3 is 4.55 Å². The Bertz CT molecular complexity index is 561. The molecule has 0 aromatic carbocycles. The van der Waals surface area contributed by atoms with E-state index in [1.54, 1.807) is 0 Å². The van der Waals surface area contributed by atoms with Crippen LogP contribution >= 0.6 is 0 Å². The van der Waals surface area contributed by atoms with Gasteiger partial charge in [0.25, 0.3) is 0 Å². The van der Waals surface area contributed by atoms with Gasteiger partial charge >= 0.3 is 10.3 Å². The third-order valence-electron chi connectivity index (χ3n) is 4.01. The molecule has 0 atom stereocenters. The molecule has 1 aromatic heterocycles. The molecule has 0 unspecified atom stereocenters. The van der Waals surface area contributed by atoms with Gasteiger partial charge in [-0.1, -0.05) is 68.7 Å². The van der Waals surface area contributed by atoms with E-state index in [4.69, 9.17) is 0 Å². The Labute approximate surface area is 139 Å². The number of hydrogen-bond donors (Lipinski definition) is 0. The van der Waals surface area contributed by atoms with Crippen LogP contribution in [-0.2, 0) is 16.7 Å². The maximum atomic E-state index is 13.7. The predicted molar refractivity (Wildman–Crippen MR) is 87.2 cm³/mol. The SMILES string of the molecule is CCCCCCCCCCCCc1c(F)ccc[n+]1S(=O)(=O)[O-]. The van der Waals surface area contributed by atoms with Crippen LogP contribution in [0.3, 0.4) is 0 Å². The quantitative estimate of drug-likeness (QED) is 0.328. The molecule has 0 saturated carbocycles. The van der Waals surface area contributed by atoms with Gasteiger partial charge in [-0.2, -0.15) is 12.8 Å². The maximum absolute atomic E-state index is 13.7. The molecule has 0 fully saturated rings. The van der Waals surface area contributed by atoms with Crippen molar-refractivity contribution in [2.45, 2.75) is 77.6 Å². The molecule has 0 aliphatic rings. The van der Waals surface area contributed by atoms with Crippen molar-refractivity contribution in [1.29, 1.82) is 0 Å². The molecule has 0 radical (unpaired) electrons. The highest BCUT2D eigenvalue weighted by Gasteiger charge is 2.20. The molecule has 1 rings (SSSR count). The van der Waals surface area contributed by atoms with Crippen molar-refractivity contribution in [3.63, 3.8) is 0 Å². The van der Waals surface area contributed by atoms with Gasteiger partial charge in [-0.05, 0) is 12.5 Å². The van der Waals surface area contributed by atoms with E-state index in [1.807, 2.05) is 0 Å². The van der Waals surface area contributed by atoms with E-state index in [9.17, 15) is 17.4 Å². The van der Waals surface area contributed by atoms with E-state index in [0.29, 0.717) is 10.4 Å². The number of nitrogens with zero attached hydrogens (tertiary/aromatic N) is 1. The van der Waals surface area contributed by atoms with Crippen molar-refractivity contribution in [2.24, 2.45) is 0 Å². The fourth-order valence-corrected chi connectivity index (χ4v) is 3.38. The van der Waals surface area contributed by atoms with Gasteiger partial charge in [0.15, 0.2) is 12.0 Å². The van der Waals surface area contributed by atoms with Crippen LogP contribution in [0.4, 0.5) is 4.39 Å². The minimum atomic E-state index is -4.69. The van der Waals surface area contributed by atoms with Crippen molar-refractivity contribution < 1.29 is 21.3 Å². The van der Waals surface area contributed by atoms with Crippen molar-refractivity contribution in [3.8, 4) is 0 Å². The molecule has 0 saturated heterocycles. The molecular formula is C17H28FNO3S. The zero-order valence-electron chi connectivity index (χ0n) is 14.0. The Kier molecular flexibility index (Phi) is 9.33. The molecular weight excluding hydrogens is 317 g/mol. The molecule has 0 aliphatic carbocycles. The molecule has 0 amide bonds. The van der Waals surface area contributed by atoms with Gasteiger partial charge in [0.1, 0.15) is 0 Å². The Morgan fingerprint density at radius 1 is 1.00 bits per heavy atom. The summed E-state index contributed by atoms with van der Waals surface area (Å²) >= 11 is 0. The smallest absolute Gasteiger partial charge is 0.330 e. The van der Waals surface area contributed by atoms with E-state index < -0.39 is 16.1 Å². The molecule has 0 aliphatic heterocycles. The molecule has 23 heavy (non-hydrogen) atoms. The standard InChI is InChI=1S/C17H28FNO3S/c1-2-3-4-5-6-7-8-9-10-11-14-17-16(18)13-12-15-19(17)23(20,21)22/h12-13,15H,2-11,14H2,1H3. The molecule has 1 heterocycles. The number of aromatic nitrogens is 1. The lowest BCUT2D eigenvalue weighted by Gasteiger charge is -2.07. The lowest BCUT2D eigenvalue weighted by atomic mass is 10.1. The summed E-state index contributed by atoms with van der Waals surface area (Å²) < 4.78 is 47.6. The molecule has 1 aromatic rings. The molecule has 4 nitrogen and oxygen atoms in total. The average molecular weight is 345 g/mol.